The maximum Gasteiger partial charge on any atom is 0.271 e. The molecular weight excluding hydrogens is 343 g/mol. The van der Waals surface area contributed by atoms with Gasteiger partial charge in [0.25, 0.3) is 11.6 Å². The van der Waals surface area contributed by atoms with E-state index in [2.05, 4.69) is 5.32 Å². The second kappa shape index (κ2) is 7.30. The molecule has 8 heteroatoms. The molecule has 1 N–H and O–H groups in total. The number of halogens is 2. The van der Waals surface area contributed by atoms with Gasteiger partial charge in [-0.15, -0.1) is 0 Å². The first kappa shape index (κ1) is 17.1. The zero-order valence-corrected chi connectivity index (χ0v) is 13.5. The van der Waals surface area contributed by atoms with Crippen LogP contribution in [0.4, 0.5) is 11.4 Å². The topological polar surface area (TPSA) is 81.5 Å². The van der Waals surface area contributed by atoms with Crippen molar-refractivity contribution in [1.29, 1.82) is 0 Å². The third-order valence-corrected chi connectivity index (χ3v) is 3.43. The van der Waals surface area contributed by atoms with Crippen molar-refractivity contribution in [3.05, 3.63) is 62.1 Å². The van der Waals surface area contributed by atoms with Crippen LogP contribution in [0.25, 0.3) is 0 Å². The number of carbonyl (C=O) groups excluding carboxylic acids is 1. The van der Waals surface area contributed by atoms with Gasteiger partial charge in [-0.3, -0.25) is 14.9 Å². The molecule has 0 atom stereocenters. The van der Waals surface area contributed by atoms with E-state index in [4.69, 9.17) is 27.9 Å². The predicted octanol–water partition coefficient (Wildman–Crippen LogP) is 4.55. The number of anilines is 1. The Balaban J connectivity index is 2.24. The number of nitro groups is 1. The van der Waals surface area contributed by atoms with Gasteiger partial charge in [0, 0.05) is 23.4 Å². The molecule has 0 aromatic heterocycles. The van der Waals surface area contributed by atoms with E-state index in [-0.39, 0.29) is 21.3 Å². The highest BCUT2D eigenvalue weighted by atomic mass is 35.5. The number of rotatable bonds is 5. The summed E-state index contributed by atoms with van der Waals surface area (Å²) in [5.41, 5.74) is 0.394. The molecule has 0 aliphatic rings. The lowest BCUT2D eigenvalue weighted by Gasteiger charge is -2.10. The smallest absolute Gasteiger partial charge is 0.271 e. The van der Waals surface area contributed by atoms with Crippen molar-refractivity contribution in [3.63, 3.8) is 0 Å². The van der Waals surface area contributed by atoms with Crippen molar-refractivity contribution in [2.75, 3.05) is 11.9 Å². The van der Waals surface area contributed by atoms with Crippen LogP contribution in [-0.4, -0.2) is 17.4 Å². The fourth-order valence-corrected chi connectivity index (χ4v) is 2.47. The van der Waals surface area contributed by atoms with Crippen molar-refractivity contribution < 1.29 is 14.5 Å². The fourth-order valence-electron chi connectivity index (χ4n) is 1.87. The van der Waals surface area contributed by atoms with Crippen molar-refractivity contribution in [3.8, 4) is 5.75 Å². The van der Waals surface area contributed by atoms with Crippen LogP contribution in [0.3, 0.4) is 0 Å². The molecule has 0 heterocycles. The summed E-state index contributed by atoms with van der Waals surface area (Å²) in [6, 6.07) is 8.46. The lowest BCUT2D eigenvalue weighted by atomic mass is 10.2. The Morgan fingerprint density at radius 2 is 1.91 bits per heavy atom. The highest BCUT2D eigenvalue weighted by molar-refractivity contribution is 6.37. The van der Waals surface area contributed by atoms with E-state index in [0.29, 0.717) is 18.0 Å². The molecule has 0 radical (unpaired) electrons. The van der Waals surface area contributed by atoms with Gasteiger partial charge in [-0.2, -0.15) is 0 Å². The molecule has 0 fully saturated rings. The van der Waals surface area contributed by atoms with Crippen LogP contribution in [0.5, 0.6) is 5.75 Å². The van der Waals surface area contributed by atoms with Crippen LogP contribution in [0, 0.1) is 10.1 Å². The van der Waals surface area contributed by atoms with Crippen LogP contribution < -0.4 is 10.1 Å². The van der Waals surface area contributed by atoms with Crippen molar-refractivity contribution in [1.82, 2.24) is 0 Å². The van der Waals surface area contributed by atoms with Crippen LogP contribution in [0.15, 0.2) is 36.4 Å². The third-order valence-electron chi connectivity index (χ3n) is 2.86. The monoisotopic (exact) mass is 354 g/mol. The van der Waals surface area contributed by atoms with Gasteiger partial charge in [0.2, 0.25) is 0 Å². The van der Waals surface area contributed by atoms with Gasteiger partial charge in [0.15, 0.2) is 5.75 Å². The minimum absolute atomic E-state index is 0.120. The summed E-state index contributed by atoms with van der Waals surface area (Å²) in [5, 5.41) is 13.7. The Bertz CT molecular complexity index is 742. The number of nitrogens with one attached hydrogen (secondary N) is 1. The van der Waals surface area contributed by atoms with Crippen LogP contribution in [0.2, 0.25) is 10.0 Å². The number of nitro benzene ring substituents is 1. The van der Waals surface area contributed by atoms with Gasteiger partial charge < -0.3 is 10.1 Å². The molecule has 0 aliphatic heterocycles. The van der Waals surface area contributed by atoms with Crippen molar-refractivity contribution >= 4 is 40.5 Å². The molecule has 120 valence electrons. The van der Waals surface area contributed by atoms with Crippen molar-refractivity contribution in [2.45, 2.75) is 6.92 Å². The Morgan fingerprint density at radius 1 is 1.26 bits per heavy atom. The standard InChI is InChI=1S/C15H12Cl2N2O4/c1-2-23-14-12(16)6-9(7-13(14)17)15(20)18-10-4-3-5-11(8-10)19(21)22/h3-8H,2H2,1H3,(H,18,20). The molecular formula is C15H12Cl2N2O4. The second-order valence-corrected chi connectivity index (χ2v) is 5.28. The zero-order chi connectivity index (χ0) is 17.0. The SMILES string of the molecule is CCOc1c(Cl)cc(C(=O)Nc2cccc([N+](=O)[O-])c2)cc1Cl. The summed E-state index contributed by atoms with van der Waals surface area (Å²) in [5.74, 6) is -0.180. The molecule has 0 spiro atoms. The lowest BCUT2D eigenvalue weighted by molar-refractivity contribution is -0.384. The van der Waals surface area contributed by atoms with Gasteiger partial charge in [0.1, 0.15) is 0 Å². The average Bonchev–Trinajstić information content (AvgIpc) is 2.51. The Kier molecular flexibility index (Phi) is 5.41. The van der Waals surface area contributed by atoms with E-state index in [0.717, 1.165) is 0 Å². The number of nitrogens with zero attached hydrogens (tertiary/aromatic N) is 1. The second-order valence-electron chi connectivity index (χ2n) is 4.46. The third kappa shape index (κ3) is 4.12. The summed E-state index contributed by atoms with van der Waals surface area (Å²) in [4.78, 5) is 22.4. The lowest BCUT2D eigenvalue weighted by Crippen LogP contribution is -2.12. The van der Waals surface area contributed by atoms with Crippen LogP contribution in [0.1, 0.15) is 17.3 Å². The number of hydrogen-bond donors (Lipinski definition) is 1. The first-order chi connectivity index (χ1) is 10.9. The Labute approximate surface area is 142 Å². The van der Waals surface area contributed by atoms with E-state index in [1.54, 1.807) is 13.0 Å². The number of benzene rings is 2. The summed E-state index contributed by atoms with van der Waals surface area (Å²) < 4.78 is 5.29. The first-order valence-electron chi connectivity index (χ1n) is 6.60. The van der Waals surface area contributed by atoms with Gasteiger partial charge in [-0.25, -0.2) is 0 Å². The average molecular weight is 355 g/mol. The molecule has 1 amide bonds. The van der Waals surface area contributed by atoms with E-state index in [1.807, 2.05) is 0 Å². The highest BCUT2D eigenvalue weighted by Crippen LogP contribution is 2.34. The molecule has 0 aliphatic carbocycles. The normalized spacial score (nSPS) is 10.2. The first-order valence-corrected chi connectivity index (χ1v) is 7.35. The predicted molar refractivity (Wildman–Crippen MR) is 88.7 cm³/mol. The summed E-state index contributed by atoms with van der Waals surface area (Å²) in [6.07, 6.45) is 0. The molecule has 2 aromatic carbocycles. The van der Waals surface area contributed by atoms with Crippen LogP contribution >= 0.6 is 23.2 Å². The van der Waals surface area contributed by atoms with Gasteiger partial charge in [-0.05, 0) is 25.1 Å². The highest BCUT2D eigenvalue weighted by Gasteiger charge is 2.15. The zero-order valence-electron chi connectivity index (χ0n) is 12.0. The maximum atomic E-state index is 12.2. The van der Waals surface area contributed by atoms with Crippen molar-refractivity contribution in [2.24, 2.45) is 0 Å². The minimum Gasteiger partial charge on any atom is -0.491 e. The quantitative estimate of drug-likeness (QED) is 0.630. The number of amides is 1. The van der Waals surface area contributed by atoms with E-state index in [1.165, 1.54) is 30.3 Å². The molecule has 2 aromatic rings. The Hall–Kier alpha value is -2.31. The van der Waals surface area contributed by atoms with E-state index < -0.39 is 10.8 Å². The summed E-state index contributed by atoms with van der Waals surface area (Å²) in [7, 11) is 0. The largest absolute Gasteiger partial charge is 0.491 e. The number of carbonyl (C=O) groups is 1. The molecule has 0 bridgehead atoms. The molecule has 2 rings (SSSR count). The molecule has 6 nitrogen and oxygen atoms in total. The number of non-ortho nitro benzene ring substituents is 1. The number of hydrogen-bond acceptors (Lipinski definition) is 4. The van der Waals surface area contributed by atoms with Crippen LogP contribution in [-0.2, 0) is 0 Å². The van der Waals surface area contributed by atoms with Gasteiger partial charge >= 0.3 is 0 Å². The Morgan fingerprint density at radius 3 is 2.48 bits per heavy atom. The maximum absolute atomic E-state index is 12.2. The van der Waals surface area contributed by atoms with Gasteiger partial charge in [-0.1, -0.05) is 29.3 Å². The van der Waals surface area contributed by atoms with E-state index in [9.17, 15) is 14.9 Å². The number of ether oxygens (including phenoxy) is 1. The fraction of sp³-hybridized carbons (Fsp3) is 0.133. The summed E-state index contributed by atoms with van der Waals surface area (Å²) in [6.45, 7) is 2.17. The minimum atomic E-state index is -0.541. The summed E-state index contributed by atoms with van der Waals surface area (Å²) >= 11 is 12.1. The molecule has 0 unspecified atom stereocenters. The van der Waals surface area contributed by atoms with E-state index >= 15 is 0 Å². The molecule has 0 saturated heterocycles. The van der Waals surface area contributed by atoms with Gasteiger partial charge in [0.05, 0.1) is 21.6 Å². The molecule has 0 saturated carbocycles. The molecule has 23 heavy (non-hydrogen) atoms.